The van der Waals surface area contributed by atoms with Gasteiger partial charge in [-0.25, -0.2) is 4.98 Å². The van der Waals surface area contributed by atoms with Crippen molar-refractivity contribution in [2.45, 2.75) is 65.7 Å². The van der Waals surface area contributed by atoms with Gasteiger partial charge in [0.05, 0.1) is 5.92 Å². The minimum Gasteiger partial charge on any atom is -0.481 e. The van der Waals surface area contributed by atoms with Gasteiger partial charge in [0.1, 0.15) is 4.83 Å². The van der Waals surface area contributed by atoms with E-state index in [9.17, 15) is 9.90 Å². The zero-order valence-electron chi connectivity index (χ0n) is 19.0. The lowest BCUT2D eigenvalue weighted by Gasteiger charge is -2.18. The van der Waals surface area contributed by atoms with Gasteiger partial charge in [-0.2, -0.15) is 0 Å². The number of carboxylic acids is 1. The Labute approximate surface area is 192 Å². The van der Waals surface area contributed by atoms with Gasteiger partial charge in [0.2, 0.25) is 0 Å². The number of nitrogens with zero attached hydrogens (tertiary/aromatic N) is 1. The van der Waals surface area contributed by atoms with Crippen LogP contribution in [0.3, 0.4) is 0 Å². The van der Waals surface area contributed by atoms with Gasteiger partial charge >= 0.3 is 5.97 Å². The highest BCUT2D eigenvalue weighted by Gasteiger charge is 2.26. The highest BCUT2D eigenvalue weighted by atomic mass is 32.1. The molecule has 32 heavy (non-hydrogen) atoms. The fourth-order valence-corrected chi connectivity index (χ4v) is 6.65. The lowest BCUT2D eigenvalue weighted by atomic mass is 9.87. The fourth-order valence-electron chi connectivity index (χ4n) is 5.33. The van der Waals surface area contributed by atoms with Crippen molar-refractivity contribution in [1.29, 1.82) is 0 Å². The minimum atomic E-state index is -0.713. The number of para-hydroxylation sites is 1. The maximum Gasteiger partial charge on any atom is 0.306 e. The number of thiophene rings is 1. The summed E-state index contributed by atoms with van der Waals surface area (Å²) in [6.07, 6.45) is 7.18. The van der Waals surface area contributed by atoms with Gasteiger partial charge in [-0.1, -0.05) is 25.1 Å². The number of nitrogens with one attached hydrogen (secondary N) is 1. The number of aromatic amines is 1. The molecule has 0 spiro atoms. The number of hydrogen-bond donors (Lipinski definition) is 2. The molecule has 4 nitrogen and oxygen atoms in total. The molecule has 1 aliphatic rings. The summed E-state index contributed by atoms with van der Waals surface area (Å²) in [5.41, 5.74) is 8.86. The van der Waals surface area contributed by atoms with Gasteiger partial charge in [0.25, 0.3) is 0 Å². The molecule has 1 atom stereocenters. The second kappa shape index (κ2) is 8.36. The van der Waals surface area contributed by atoms with Gasteiger partial charge in [-0.3, -0.25) is 4.79 Å². The average Bonchev–Trinajstić information content (AvgIpc) is 3.30. The Morgan fingerprint density at radius 3 is 2.78 bits per heavy atom. The van der Waals surface area contributed by atoms with E-state index >= 15 is 0 Å². The predicted octanol–water partition coefficient (Wildman–Crippen LogP) is 6.98. The molecule has 5 heteroatoms. The number of rotatable bonds is 6. The molecule has 0 saturated heterocycles. The topological polar surface area (TPSA) is 66.0 Å². The van der Waals surface area contributed by atoms with E-state index in [4.69, 9.17) is 4.98 Å². The maximum absolute atomic E-state index is 11.3. The van der Waals surface area contributed by atoms with E-state index in [1.807, 2.05) is 11.3 Å². The quantitative estimate of drug-likeness (QED) is 0.336. The van der Waals surface area contributed by atoms with E-state index in [0.29, 0.717) is 6.42 Å². The standard InChI is InChI=1S/C27H30N2O2S/c1-15(27(30)31)9-8-12-18-16(2)29-26-25(20-11-5-7-14-22(20)32-26)24(18)23-17(3)28-21-13-6-4-10-19(21)23/h4,6,10,13,15,28H,5,7-9,11-12,14H2,1-3H3,(H,30,31). The molecule has 0 fully saturated rings. The molecule has 166 valence electrons. The van der Waals surface area contributed by atoms with E-state index in [-0.39, 0.29) is 5.92 Å². The second-order valence-corrected chi connectivity index (χ2v) is 10.3. The van der Waals surface area contributed by atoms with Gasteiger partial charge in [0.15, 0.2) is 0 Å². The Morgan fingerprint density at radius 1 is 1.19 bits per heavy atom. The summed E-state index contributed by atoms with van der Waals surface area (Å²) in [5.74, 6) is -1.03. The largest absolute Gasteiger partial charge is 0.481 e. The van der Waals surface area contributed by atoms with E-state index in [2.05, 4.69) is 43.1 Å². The second-order valence-electron chi connectivity index (χ2n) is 9.24. The first-order valence-electron chi connectivity index (χ1n) is 11.7. The summed E-state index contributed by atoms with van der Waals surface area (Å²) in [5, 5.41) is 11.9. The Bertz CT molecular complexity index is 1330. The highest BCUT2D eigenvalue weighted by molar-refractivity contribution is 7.19. The number of pyridine rings is 1. The number of carbonyl (C=O) groups is 1. The Kier molecular flexibility index (Phi) is 5.54. The molecule has 0 bridgehead atoms. The third-order valence-electron chi connectivity index (χ3n) is 7.04. The smallest absolute Gasteiger partial charge is 0.306 e. The molecule has 0 amide bonds. The number of aryl methyl sites for hydroxylation is 4. The zero-order chi connectivity index (χ0) is 22.4. The van der Waals surface area contributed by atoms with Crippen LogP contribution < -0.4 is 0 Å². The van der Waals surface area contributed by atoms with Crippen molar-refractivity contribution < 1.29 is 9.90 Å². The molecular formula is C27H30N2O2S. The summed E-state index contributed by atoms with van der Waals surface area (Å²) in [6.45, 7) is 6.10. The van der Waals surface area contributed by atoms with E-state index < -0.39 is 5.97 Å². The van der Waals surface area contributed by atoms with Crippen molar-refractivity contribution in [1.82, 2.24) is 9.97 Å². The van der Waals surface area contributed by atoms with Crippen LogP contribution in [0, 0.1) is 19.8 Å². The van der Waals surface area contributed by atoms with Gasteiger partial charge in [-0.05, 0) is 81.5 Å². The molecule has 0 saturated carbocycles. The van der Waals surface area contributed by atoms with Crippen molar-refractivity contribution in [2.75, 3.05) is 0 Å². The first-order valence-corrected chi connectivity index (χ1v) is 12.5. The summed E-state index contributed by atoms with van der Waals surface area (Å²) in [4.78, 5) is 22.7. The van der Waals surface area contributed by atoms with Crippen LogP contribution in [0.4, 0.5) is 0 Å². The number of aliphatic carboxylic acids is 1. The van der Waals surface area contributed by atoms with E-state index in [1.54, 1.807) is 6.92 Å². The Morgan fingerprint density at radius 2 is 1.97 bits per heavy atom. The molecule has 1 aliphatic carbocycles. The van der Waals surface area contributed by atoms with Crippen LogP contribution in [-0.2, 0) is 24.1 Å². The van der Waals surface area contributed by atoms with Crippen molar-refractivity contribution >= 4 is 38.4 Å². The fraction of sp³-hybridized carbons (Fsp3) is 0.407. The van der Waals surface area contributed by atoms with Gasteiger partial charge in [0, 0.05) is 38.1 Å². The average molecular weight is 447 g/mol. The summed E-state index contributed by atoms with van der Waals surface area (Å²) < 4.78 is 0. The Hall–Kier alpha value is -2.66. The third-order valence-corrected chi connectivity index (χ3v) is 8.23. The SMILES string of the molecule is Cc1nc2sc3c(c2c(-c2c(C)[nH]c4ccccc24)c1CCCC(C)C(=O)O)CCCC3. The maximum atomic E-state index is 11.3. The molecule has 1 aromatic carbocycles. The molecule has 2 N–H and O–H groups in total. The van der Waals surface area contributed by atoms with Crippen LogP contribution in [0.5, 0.6) is 0 Å². The zero-order valence-corrected chi connectivity index (χ0v) is 19.9. The lowest BCUT2D eigenvalue weighted by molar-refractivity contribution is -0.141. The Balaban J connectivity index is 1.75. The molecule has 0 radical (unpaired) electrons. The lowest BCUT2D eigenvalue weighted by Crippen LogP contribution is -2.10. The molecule has 1 unspecified atom stereocenters. The van der Waals surface area contributed by atoms with Crippen LogP contribution in [0.1, 0.15) is 60.0 Å². The van der Waals surface area contributed by atoms with Crippen molar-refractivity contribution in [3.8, 4) is 11.1 Å². The first kappa shape index (κ1) is 21.2. The monoisotopic (exact) mass is 446 g/mol. The normalized spacial score (nSPS) is 14.7. The number of hydrogen-bond acceptors (Lipinski definition) is 3. The van der Waals surface area contributed by atoms with Crippen LogP contribution >= 0.6 is 11.3 Å². The highest BCUT2D eigenvalue weighted by Crippen LogP contribution is 2.46. The molecular weight excluding hydrogens is 416 g/mol. The van der Waals surface area contributed by atoms with E-state index in [1.165, 1.54) is 56.4 Å². The summed E-state index contributed by atoms with van der Waals surface area (Å²) in [7, 11) is 0. The van der Waals surface area contributed by atoms with E-state index in [0.717, 1.165) is 41.7 Å². The molecule has 5 rings (SSSR count). The van der Waals surface area contributed by atoms with Gasteiger partial charge in [-0.15, -0.1) is 11.3 Å². The van der Waals surface area contributed by atoms with Crippen molar-refractivity contribution in [2.24, 2.45) is 5.92 Å². The van der Waals surface area contributed by atoms with Crippen molar-refractivity contribution in [3.63, 3.8) is 0 Å². The third kappa shape index (κ3) is 3.53. The number of benzene rings is 1. The summed E-state index contributed by atoms with van der Waals surface area (Å²) in [6, 6.07) is 8.55. The van der Waals surface area contributed by atoms with Crippen molar-refractivity contribution in [3.05, 3.63) is 51.7 Å². The molecule has 3 heterocycles. The minimum absolute atomic E-state index is 0.320. The molecule has 0 aliphatic heterocycles. The van der Waals surface area contributed by atoms with Crippen LogP contribution in [-0.4, -0.2) is 21.0 Å². The molecule has 3 aromatic heterocycles. The summed E-state index contributed by atoms with van der Waals surface area (Å²) >= 11 is 1.88. The molecule has 4 aromatic rings. The van der Waals surface area contributed by atoms with Crippen LogP contribution in [0.2, 0.25) is 0 Å². The first-order chi connectivity index (χ1) is 15.5. The number of carboxylic acid groups (broad SMARTS) is 1. The number of fused-ring (bicyclic) bond motifs is 4. The van der Waals surface area contributed by atoms with Crippen LogP contribution in [0.15, 0.2) is 24.3 Å². The number of aromatic nitrogens is 2. The number of H-pyrrole nitrogens is 1. The predicted molar refractivity (Wildman–Crippen MR) is 133 cm³/mol. The van der Waals surface area contributed by atoms with Gasteiger partial charge < -0.3 is 10.1 Å². The van der Waals surface area contributed by atoms with Crippen LogP contribution in [0.25, 0.3) is 32.2 Å².